The predicted molar refractivity (Wildman–Crippen MR) is 150 cm³/mol. The monoisotopic (exact) mass is 553 g/mol. The summed E-state index contributed by atoms with van der Waals surface area (Å²) in [5.41, 5.74) is 1.61. The van der Waals surface area contributed by atoms with E-state index < -0.39 is 23.3 Å². The minimum absolute atomic E-state index is 0.0461. The highest BCUT2D eigenvalue weighted by molar-refractivity contribution is 6.09. The Balaban J connectivity index is 1.69. The summed E-state index contributed by atoms with van der Waals surface area (Å²) in [5, 5.41) is 16.4. The standard InChI is InChI=1S/C29H39N5O6/c1-17-13-18(14-19-20(17)24(35)33-29(19)11-9-8-10-12-29)32-22-21(39-7)23(31-16-30-22)34(25(36)37)26(38)40-28(5,6)15-27(2,3)4/h13-14,16H,8-12,15H2,1-7H3,(H,33,35)(H,36,37)(H,30,31,32). The molecule has 1 aromatic heterocycles. The van der Waals surface area contributed by atoms with Gasteiger partial charge in [-0.25, -0.2) is 19.6 Å². The van der Waals surface area contributed by atoms with Crippen LogP contribution in [0.4, 0.5) is 26.9 Å². The maximum absolute atomic E-state index is 13.1. The molecule has 2 aliphatic rings. The molecular formula is C29H39N5O6. The van der Waals surface area contributed by atoms with Crippen molar-refractivity contribution in [1.82, 2.24) is 15.3 Å². The Morgan fingerprint density at radius 1 is 1.12 bits per heavy atom. The van der Waals surface area contributed by atoms with E-state index in [9.17, 15) is 19.5 Å². The van der Waals surface area contributed by atoms with E-state index in [1.807, 2.05) is 39.8 Å². The number of anilines is 3. The topological polar surface area (TPSA) is 143 Å². The van der Waals surface area contributed by atoms with Crippen LogP contribution in [0.3, 0.4) is 0 Å². The Kier molecular flexibility index (Phi) is 7.70. The van der Waals surface area contributed by atoms with E-state index in [2.05, 4.69) is 20.6 Å². The molecule has 11 nitrogen and oxygen atoms in total. The van der Waals surface area contributed by atoms with Gasteiger partial charge in [-0.3, -0.25) is 4.79 Å². The molecule has 2 heterocycles. The quantitative estimate of drug-likeness (QED) is 0.377. The van der Waals surface area contributed by atoms with E-state index in [1.54, 1.807) is 13.8 Å². The lowest BCUT2D eigenvalue weighted by Crippen LogP contribution is -2.43. The van der Waals surface area contributed by atoms with Crippen molar-refractivity contribution >= 4 is 35.4 Å². The number of amides is 3. The zero-order valence-electron chi connectivity index (χ0n) is 24.3. The van der Waals surface area contributed by atoms with Gasteiger partial charge < -0.3 is 25.2 Å². The Morgan fingerprint density at radius 3 is 2.40 bits per heavy atom. The Labute approximate surface area is 234 Å². The number of benzene rings is 1. The summed E-state index contributed by atoms with van der Waals surface area (Å²) in [6.07, 6.45) is 3.94. The first kappa shape index (κ1) is 29.1. The minimum Gasteiger partial charge on any atom is -0.490 e. The van der Waals surface area contributed by atoms with Gasteiger partial charge in [-0.05, 0) is 68.7 Å². The molecular weight excluding hydrogens is 514 g/mol. The van der Waals surface area contributed by atoms with Crippen molar-refractivity contribution in [3.63, 3.8) is 0 Å². The fourth-order valence-electron chi connectivity index (χ4n) is 6.22. The van der Waals surface area contributed by atoms with E-state index in [0.29, 0.717) is 22.6 Å². The maximum Gasteiger partial charge on any atom is 0.425 e. The lowest BCUT2D eigenvalue weighted by atomic mass is 9.77. The molecule has 0 saturated heterocycles. The molecule has 0 radical (unpaired) electrons. The molecule has 1 spiro atoms. The molecule has 1 aliphatic heterocycles. The van der Waals surface area contributed by atoms with Gasteiger partial charge >= 0.3 is 12.2 Å². The number of imide groups is 1. The zero-order valence-corrected chi connectivity index (χ0v) is 24.3. The van der Waals surface area contributed by atoms with E-state index in [1.165, 1.54) is 7.11 Å². The lowest BCUT2D eigenvalue weighted by molar-refractivity contribution is 0.0144. The zero-order chi connectivity index (χ0) is 29.5. The number of hydrogen-bond acceptors (Lipinski definition) is 8. The van der Waals surface area contributed by atoms with Gasteiger partial charge in [0, 0.05) is 11.3 Å². The SMILES string of the molecule is COc1c(Nc2cc(C)c3c(c2)C2(CCCCC2)NC3=O)ncnc1N(C(=O)O)C(=O)OC(C)(C)CC(C)(C)C. The number of carbonyl (C=O) groups is 3. The van der Waals surface area contributed by atoms with E-state index in [0.717, 1.165) is 49.6 Å². The molecule has 0 unspecified atom stereocenters. The van der Waals surface area contributed by atoms with Gasteiger partial charge in [0.25, 0.3) is 5.91 Å². The Bertz CT molecular complexity index is 1330. The molecule has 0 atom stereocenters. The van der Waals surface area contributed by atoms with Gasteiger partial charge in [-0.15, -0.1) is 0 Å². The molecule has 3 amide bonds. The number of ether oxygens (including phenoxy) is 2. The van der Waals surface area contributed by atoms with Crippen molar-refractivity contribution in [3.05, 3.63) is 35.2 Å². The van der Waals surface area contributed by atoms with Gasteiger partial charge in [0.1, 0.15) is 11.9 Å². The molecule has 2 aromatic rings. The molecule has 1 saturated carbocycles. The maximum atomic E-state index is 13.1. The second kappa shape index (κ2) is 10.6. The highest BCUT2D eigenvalue weighted by atomic mass is 16.6. The van der Waals surface area contributed by atoms with Crippen molar-refractivity contribution in [2.75, 3.05) is 17.3 Å². The third-order valence-electron chi connectivity index (χ3n) is 7.30. The van der Waals surface area contributed by atoms with Crippen LogP contribution >= 0.6 is 0 Å². The smallest absolute Gasteiger partial charge is 0.425 e. The van der Waals surface area contributed by atoms with Crippen LogP contribution in [0.15, 0.2) is 18.5 Å². The number of carboxylic acid groups (broad SMARTS) is 1. The highest BCUT2D eigenvalue weighted by Crippen LogP contribution is 2.45. The lowest BCUT2D eigenvalue weighted by Gasteiger charge is -2.34. The third kappa shape index (κ3) is 5.83. The van der Waals surface area contributed by atoms with Crippen molar-refractivity contribution in [3.8, 4) is 5.75 Å². The average molecular weight is 554 g/mol. The van der Waals surface area contributed by atoms with Gasteiger partial charge in [0.05, 0.1) is 12.6 Å². The summed E-state index contributed by atoms with van der Waals surface area (Å²) < 4.78 is 11.1. The van der Waals surface area contributed by atoms with Crippen molar-refractivity contribution in [2.24, 2.45) is 5.41 Å². The number of hydrogen-bond donors (Lipinski definition) is 3. The molecule has 1 aromatic carbocycles. The first-order valence-corrected chi connectivity index (χ1v) is 13.6. The van der Waals surface area contributed by atoms with Gasteiger partial charge in [-0.2, -0.15) is 4.90 Å². The fraction of sp³-hybridized carbons (Fsp3) is 0.552. The molecule has 0 bridgehead atoms. The summed E-state index contributed by atoms with van der Waals surface area (Å²) in [6.45, 7) is 11.4. The normalized spacial score (nSPS) is 16.2. The summed E-state index contributed by atoms with van der Waals surface area (Å²) in [4.78, 5) is 47.1. The molecule has 216 valence electrons. The average Bonchev–Trinajstić information content (AvgIpc) is 3.08. The van der Waals surface area contributed by atoms with E-state index >= 15 is 0 Å². The molecule has 40 heavy (non-hydrogen) atoms. The first-order valence-electron chi connectivity index (χ1n) is 13.6. The molecule has 1 fully saturated rings. The third-order valence-corrected chi connectivity index (χ3v) is 7.30. The largest absolute Gasteiger partial charge is 0.490 e. The van der Waals surface area contributed by atoms with Crippen LogP contribution in [0.2, 0.25) is 0 Å². The summed E-state index contributed by atoms with van der Waals surface area (Å²) in [6, 6.07) is 3.77. The van der Waals surface area contributed by atoms with Crippen LogP contribution in [0.1, 0.15) is 94.6 Å². The second-order valence-electron chi connectivity index (χ2n) is 12.5. The van der Waals surface area contributed by atoms with Gasteiger partial charge in [0.2, 0.25) is 5.75 Å². The van der Waals surface area contributed by atoms with Crippen molar-refractivity contribution in [2.45, 2.75) is 91.2 Å². The summed E-state index contributed by atoms with van der Waals surface area (Å²) in [5.74, 6) is -0.222. The van der Waals surface area contributed by atoms with Crippen LogP contribution in [0, 0.1) is 12.3 Å². The molecule has 3 N–H and O–H groups in total. The number of nitrogens with zero attached hydrogens (tertiary/aromatic N) is 3. The van der Waals surface area contributed by atoms with E-state index in [-0.39, 0.29) is 28.7 Å². The number of rotatable bonds is 6. The number of carbonyl (C=O) groups excluding carboxylic acids is 2. The molecule has 1 aliphatic carbocycles. The Hall–Kier alpha value is -3.89. The van der Waals surface area contributed by atoms with Crippen LogP contribution in [0.5, 0.6) is 5.75 Å². The number of aryl methyl sites for hydroxylation is 1. The van der Waals surface area contributed by atoms with Crippen LogP contribution in [-0.2, 0) is 10.3 Å². The Morgan fingerprint density at radius 2 is 1.80 bits per heavy atom. The first-order chi connectivity index (χ1) is 18.7. The van der Waals surface area contributed by atoms with Gasteiger partial charge in [-0.1, -0.05) is 40.0 Å². The number of methoxy groups -OCH3 is 1. The van der Waals surface area contributed by atoms with Crippen LogP contribution in [0.25, 0.3) is 0 Å². The second-order valence-corrected chi connectivity index (χ2v) is 12.5. The van der Waals surface area contributed by atoms with Crippen molar-refractivity contribution < 1.29 is 29.0 Å². The summed E-state index contributed by atoms with van der Waals surface area (Å²) in [7, 11) is 1.34. The number of nitrogens with one attached hydrogen (secondary N) is 2. The predicted octanol–water partition coefficient (Wildman–Crippen LogP) is 6.28. The molecule has 11 heteroatoms. The van der Waals surface area contributed by atoms with Crippen LogP contribution < -0.4 is 20.3 Å². The number of fused-ring (bicyclic) bond motifs is 2. The highest BCUT2D eigenvalue weighted by Gasteiger charge is 2.44. The summed E-state index contributed by atoms with van der Waals surface area (Å²) >= 11 is 0. The van der Waals surface area contributed by atoms with Crippen molar-refractivity contribution in [1.29, 1.82) is 0 Å². The van der Waals surface area contributed by atoms with E-state index in [4.69, 9.17) is 9.47 Å². The number of aromatic nitrogens is 2. The molecule has 4 rings (SSSR count). The minimum atomic E-state index is -1.57. The van der Waals surface area contributed by atoms with Crippen LogP contribution in [-0.4, -0.2) is 45.9 Å². The fourth-order valence-corrected chi connectivity index (χ4v) is 6.22. The van der Waals surface area contributed by atoms with Gasteiger partial charge in [0.15, 0.2) is 11.6 Å².